The first-order chi connectivity index (χ1) is 14.0. The van der Waals surface area contributed by atoms with Crippen molar-refractivity contribution in [3.05, 3.63) is 94.9 Å². The fraction of sp³-hybridized carbons (Fsp3) is 0.143. The second kappa shape index (κ2) is 8.32. The summed E-state index contributed by atoms with van der Waals surface area (Å²) >= 11 is 5.98. The van der Waals surface area contributed by atoms with Gasteiger partial charge in [0, 0.05) is 11.2 Å². The minimum absolute atomic E-state index is 0.0799. The number of nitrogens with zero attached hydrogens (tertiary/aromatic N) is 3. The number of imidazole rings is 1. The fourth-order valence-electron chi connectivity index (χ4n) is 3.10. The molecule has 1 N–H and O–H groups in total. The van der Waals surface area contributed by atoms with Crippen molar-refractivity contribution in [1.29, 1.82) is 0 Å². The van der Waals surface area contributed by atoms with E-state index in [0.717, 1.165) is 16.6 Å². The molecule has 0 saturated carbocycles. The average Bonchev–Trinajstić information content (AvgIpc) is 3.06. The van der Waals surface area contributed by atoms with E-state index in [1.165, 1.54) is 0 Å². The molecule has 6 nitrogen and oxygen atoms in total. The topological polar surface area (TPSA) is 76.9 Å². The van der Waals surface area contributed by atoms with Crippen molar-refractivity contribution in [2.24, 2.45) is 0 Å². The zero-order chi connectivity index (χ0) is 20.3. The molecule has 4 rings (SSSR count). The van der Waals surface area contributed by atoms with Crippen LogP contribution < -0.4 is 4.72 Å². The zero-order valence-electron chi connectivity index (χ0n) is 15.5. The lowest BCUT2D eigenvalue weighted by Gasteiger charge is -2.10. The van der Waals surface area contributed by atoms with E-state index < -0.39 is 10.0 Å². The number of fused-ring (bicyclic) bond motifs is 1. The van der Waals surface area contributed by atoms with Crippen molar-refractivity contribution in [3.8, 4) is 0 Å². The first-order valence-corrected chi connectivity index (χ1v) is 11.1. The van der Waals surface area contributed by atoms with Gasteiger partial charge in [-0.25, -0.2) is 23.1 Å². The van der Waals surface area contributed by atoms with Gasteiger partial charge in [-0.3, -0.25) is 0 Å². The van der Waals surface area contributed by atoms with Crippen LogP contribution in [0.15, 0.2) is 72.9 Å². The summed E-state index contributed by atoms with van der Waals surface area (Å²) in [7, 11) is -3.51. The maximum absolute atomic E-state index is 12.5. The third-order valence-corrected chi connectivity index (χ3v) is 6.04. The van der Waals surface area contributed by atoms with Gasteiger partial charge in [0.2, 0.25) is 10.0 Å². The standard InChI is InChI=1S/C21H19ClN4O2S/c22-18-10-8-16(9-11-18)14-26-20(25-19-7-4-12-23-21(19)26)13-24-29(27,28)15-17-5-2-1-3-6-17/h1-12,24H,13-15H2. The Hall–Kier alpha value is -2.74. The van der Waals surface area contributed by atoms with Gasteiger partial charge in [0.1, 0.15) is 11.3 Å². The van der Waals surface area contributed by atoms with Gasteiger partial charge in [-0.2, -0.15) is 0 Å². The molecule has 4 aromatic rings. The number of rotatable bonds is 7. The number of benzene rings is 2. The van der Waals surface area contributed by atoms with Gasteiger partial charge in [-0.05, 0) is 35.4 Å². The molecule has 0 atom stereocenters. The molecule has 0 unspecified atom stereocenters. The van der Waals surface area contributed by atoms with E-state index in [-0.39, 0.29) is 12.3 Å². The summed E-state index contributed by atoms with van der Waals surface area (Å²) in [6, 6.07) is 20.3. The van der Waals surface area contributed by atoms with E-state index in [9.17, 15) is 8.42 Å². The molecule has 0 bridgehead atoms. The Bertz CT molecular complexity index is 1220. The van der Waals surface area contributed by atoms with Crippen LogP contribution in [0.2, 0.25) is 5.02 Å². The van der Waals surface area contributed by atoms with Crippen molar-refractivity contribution in [2.75, 3.05) is 0 Å². The summed E-state index contributed by atoms with van der Waals surface area (Å²) in [6.45, 7) is 0.597. The van der Waals surface area contributed by atoms with E-state index in [4.69, 9.17) is 11.6 Å². The quantitative estimate of drug-likeness (QED) is 0.488. The highest BCUT2D eigenvalue weighted by Crippen LogP contribution is 2.18. The normalized spacial score (nSPS) is 11.8. The molecule has 0 aliphatic heterocycles. The molecule has 2 aromatic carbocycles. The molecule has 0 radical (unpaired) electrons. The molecule has 0 saturated heterocycles. The Morgan fingerprint density at radius 2 is 1.69 bits per heavy atom. The Morgan fingerprint density at radius 1 is 0.931 bits per heavy atom. The zero-order valence-corrected chi connectivity index (χ0v) is 17.1. The highest BCUT2D eigenvalue weighted by atomic mass is 35.5. The predicted octanol–water partition coefficient (Wildman–Crippen LogP) is 3.75. The highest BCUT2D eigenvalue weighted by Gasteiger charge is 2.16. The number of halogens is 1. The number of pyridine rings is 1. The Kier molecular flexibility index (Phi) is 5.62. The van der Waals surface area contributed by atoms with Crippen LogP contribution in [0, 0.1) is 0 Å². The van der Waals surface area contributed by atoms with Crippen molar-refractivity contribution >= 4 is 32.8 Å². The van der Waals surface area contributed by atoms with E-state index in [0.29, 0.717) is 23.0 Å². The lowest BCUT2D eigenvalue weighted by molar-refractivity contribution is 0.575. The summed E-state index contributed by atoms with van der Waals surface area (Å²) in [5, 5.41) is 0.663. The highest BCUT2D eigenvalue weighted by molar-refractivity contribution is 7.88. The van der Waals surface area contributed by atoms with Crippen molar-refractivity contribution < 1.29 is 8.42 Å². The number of aromatic nitrogens is 3. The van der Waals surface area contributed by atoms with Gasteiger partial charge < -0.3 is 4.57 Å². The smallest absolute Gasteiger partial charge is 0.216 e. The molecule has 2 aromatic heterocycles. The monoisotopic (exact) mass is 426 g/mol. The fourth-order valence-corrected chi connectivity index (χ4v) is 4.31. The Balaban J connectivity index is 1.59. The SMILES string of the molecule is O=S(=O)(Cc1ccccc1)NCc1nc2cccnc2n1Cc1ccc(Cl)cc1. The second-order valence-electron chi connectivity index (χ2n) is 6.65. The Morgan fingerprint density at radius 3 is 2.45 bits per heavy atom. The van der Waals surface area contributed by atoms with Crippen LogP contribution in [0.25, 0.3) is 11.2 Å². The molecular weight excluding hydrogens is 408 g/mol. The maximum Gasteiger partial charge on any atom is 0.216 e. The summed E-state index contributed by atoms with van der Waals surface area (Å²) in [5.74, 6) is 0.522. The van der Waals surface area contributed by atoms with E-state index in [1.807, 2.05) is 59.2 Å². The van der Waals surface area contributed by atoms with Crippen LogP contribution in [-0.4, -0.2) is 23.0 Å². The first-order valence-electron chi connectivity index (χ1n) is 9.06. The lowest BCUT2D eigenvalue weighted by Crippen LogP contribution is -2.26. The lowest BCUT2D eigenvalue weighted by atomic mass is 10.2. The molecule has 0 spiro atoms. The summed E-state index contributed by atoms with van der Waals surface area (Å²) in [4.78, 5) is 9.01. The number of sulfonamides is 1. The molecule has 0 aliphatic carbocycles. The van der Waals surface area contributed by atoms with Crippen molar-refractivity contribution in [3.63, 3.8) is 0 Å². The predicted molar refractivity (Wildman–Crippen MR) is 114 cm³/mol. The Labute approximate surface area is 174 Å². The summed E-state index contributed by atoms with van der Waals surface area (Å²) in [6.07, 6.45) is 1.70. The second-order valence-corrected chi connectivity index (χ2v) is 8.90. The average molecular weight is 427 g/mol. The van der Waals surface area contributed by atoms with E-state index in [1.54, 1.807) is 18.3 Å². The van der Waals surface area contributed by atoms with Gasteiger partial charge in [0.15, 0.2) is 5.65 Å². The summed E-state index contributed by atoms with van der Waals surface area (Å²) < 4.78 is 29.6. The van der Waals surface area contributed by atoms with E-state index >= 15 is 0 Å². The van der Waals surface area contributed by atoms with Crippen molar-refractivity contribution in [1.82, 2.24) is 19.3 Å². The number of hydrogen-bond donors (Lipinski definition) is 1. The van der Waals surface area contributed by atoms with Crippen LogP contribution >= 0.6 is 11.6 Å². The molecule has 148 valence electrons. The van der Waals surface area contributed by atoms with Gasteiger partial charge in [-0.15, -0.1) is 0 Å². The van der Waals surface area contributed by atoms with Gasteiger partial charge in [0.25, 0.3) is 0 Å². The van der Waals surface area contributed by atoms with Crippen LogP contribution in [0.4, 0.5) is 0 Å². The summed E-state index contributed by atoms with van der Waals surface area (Å²) in [5.41, 5.74) is 3.18. The molecule has 29 heavy (non-hydrogen) atoms. The van der Waals surface area contributed by atoms with Gasteiger partial charge in [0.05, 0.1) is 18.8 Å². The number of nitrogens with one attached hydrogen (secondary N) is 1. The third kappa shape index (κ3) is 4.82. The molecule has 2 heterocycles. The molecule has 0 amide bonds. The van der Waals surface area contributed by atoms with Crippen LogP contribution in [0.5, 0.6) is 0 Å². The molecular formula is C21H19ClN4O2S. The maximum atomic E-state index is 12.5. The molecule has 0 aliphatic rings. The van der Waals surface area contributed by atoms with Crippen molar-refractivity contribution in [2.45, 2.75) is 18.8 Å². The van der Waals surface area contributed by atoms with Gasteiger partial charge >= 0.3 is 0 Å². The third-order valence-electron chi connectivity index (χ3n) is 4.49. The molecule has 0 fully saturated rings. The first kappa shape index (κ1) is 19.6. The van der Waals surface area contributed by atoms with Gasteiger partial charge in [-0.1, -0.05) is 54.1 Å². The van der Waals surface area contributed by atoms with E-state index in [2.05, 4.69) is 14.7 Å². The minimum Gasteiger partial charge on any atom is -0.307 e. The van der Waals surface area contributed by atoms with Crippen LogP contribution in [-0.2, 0) is 28.9 Å². The largest absolute Gasteiger partial charge is 0.307 e. The molecule has 8 heteroatoms. The van der Waals surface area contributed by atoms with Crippen LogP contribution in [0.1, 0.15) is 17.0 Å². The minimum atomic E-state index is -3.51. The number of hydrogen-bond acceptors (Lipinski definition) is 4. The van der Waals surface area contributed by atoms with Crippen LogP contribution in [0.3, 0.4) is 0 Å².